The van der Waals surface area contributed by atoms with Crippen molar-refractivity contribution in [1.82, 2.24) is 25.0 Å². The van der Waals surface area contributed by atoms with Gasteiger partial charge in [0.05, 0.1) is 0 Å². The van der Waals surface area contributed by atoms with Crippen LogP contribution in [-0.2, 0) is 13.6 Å². The molecule has 1 aliphatic heterocycles. The van der Waals surface area contributed by atoms with Crippen molar-refractivity contribution in [2.75, 3.05) is 13.1 Å². The SMILES string of the molecule is Cc1ccccc1C1CCN(C(=NCc2nnc(C)n2C)NC2CC2)C1. The summed E-state index contributed by atoms with van der Waals surface area (Å²) in [5.74, 6) is 3.45. The van der Waals surface area contributed by atoms with Crippen LogP contribution < -0.4 is 5.32 Å². The summed E-state index contributed by atoms with van der Waals surface area (Å²) in [6.45, 7) is 6.83. The number of guanidine groups is 1. The second-order valence-corrected chi connectivity index (χ2v) is 7.57. The first-order valence-corrected chi connectivity index (χ1v) is 9.58. The van der Waals surface area contributed by atoms with Crippen LogP contribution in [0.3, 0.4) is 0 Å². The van der Waals surface area contributed by atoms with Crippen molar-refractivity contribution in [3.63, 3.8) is 0 Å². The molecule has 1 unspecified atom stereocenters. The van der Waals surface area contributed by atoms with Gasteiger partial charge in [-0.25, -0.2) is 4.99 Å². The number of aliphatic imine (C=N–C) groups is 1. The highest BCUT2D eigenvalue weighted by atomic mass is 15.3. The number of benzene rings is 1. The maximum absolute atomic E-state index is 4.89. The van der Waals surface area contributed by atoms with Crippen molar-refractivity contribution >= 4 is 5.96 Å². The van der Waals surface area contributed by atoms with Crippen LogP contribution in [0.2, 0.25) is 0 Å². The molecule has 0 amide bonds. The van der Waals surface area contributed by atoms with E-state index in [9.17, 15) is 0 Å². The van der Waals surface area contributed by atoms with Gasteiger partial charge in [-0.15, -0.1) is 10.2 Å². The minimum absolute atomic E-state index is 0.567. The van der Waals surface area contributed by atoms with E-state index in [-0.39, 0.29) is 0 Å². The van der Waals surface area contributed by atoms with E-state index in [0.717, 1.165) is 30.7 Å². The fraction of sp³-hybridized carbons (Fsp3) is 0.550. The Morgan fingerprint density at radius 3 is 2.69 bits per heavy atom. The normalized spacial score (nSPS) is 20.7. The molecule has 1 aromatic heterocycles. The largest absolute Gasteiger partial charge is 0.353 e. The van der Waals surface area contributed by atoms with E-state index in [2.05, 4.69) is 51.6 Å². The van der Waals surface area contributed by atoms with Gasteiger partial charge in [-0.1, -0.05) is 24.3 Å². The Morgan fingerprint density at radius 2 is 2.00 bits per heavy atom. The summed E-state index contributed by atoms with van der Waals surface area (Å²) < 4.78 is 2.01. The minimum Gasteiger partial charge on any atom is -0.353 e. The number of hydrogen-bond donors (Lipinski definition) is 1. The lowest BCUT2D eigenvalue weighted by molar-refractivity contribution is 0.482. The van der Waals surface area contributed by atoms with Gasteiger partial charge in [-0.3, -0.25) is 0 Å². The van der Waals surface area contributed by atoms with Gasteiger partial charge in [-0.2, -0.15) is 0 Å². The van der Waals surface area contributed by atoms with E-state index in [1.807, 2.05) is 18.5 Å². The molecule has 2 fully saturated rings. The van der Waals surface area contributed by atoms with E-state index in [1.54, 1.807) is 0 Å². The average molecular weight is 352 g/mol. The predicted molar refractivity (Wildman–Crippen MR) is 103 cm³/mol. The molecule has 1 N–H and O–H groups in total. The summed E-state index contributed by atoms with van der Waals surface area (Å²) >= 11 is 0. The first-order valence-electron chi connectivity index (χ1n) is 9.58. The standard InChI is InChI=1S/C20H28N6/c1-14-6-4-5-7-18(14)16-10-11-26(13-16)20(22-17-8-9-17)21-12-19-24-23-15(2)25(19)3/h4-7,16-17H,8-13H2,1-3H3,(H,21,22). The van der Waals surface area contributed by atoms with Gasteiger partial charge >= 0.3 is 0 Å². The van der Waals surface area contributed by atoms with Crippen molar-refractivity contribution in [2.45, 2.75) is 51.6 Å². The molecule has 26 heavy (non-hydrogen) atoms. The van der Waals surface area contributed by atoms with Crippen molar-refractivity contribution < 1.29 is 0 Å². The molecule has 6 nitrogen and oxygen atoms in total. The molecule has 1 aromatic carbocycles. The van der Waals surface area contributed by atoms with Crippen molar-refractivity contribution in [2.24, 2.45) is 12.0 Å². The van der Waals surface area contributed by atoms with E-state index < -0.39 is 0 Å². The molecule has 138 valence electrons. The first kappa shape index (κ1) is 17.1. The van der Waals surface area contributed by atoms with Gasteiger partial charge in [0.2, 0.25) is 0 Å². The third kappa shape index (κ3) is 3.59. The molecule has 2 aromatic rings. The quantitative estimate of drug-likeness (QED) is 0.679. The van der Waals surface area contributed by atoms with Gasteiger partial charge < -0.3 is 14.8 Å². The molecule has 1 atom stereocenters. The van der Waals surface area contributed by atoms with Gasteiger partial charge in [-0.05, 0) is 44.2 Å². The molecule has 2 heterocycles. The van der Waals surface area contributed by atoms with Crippen LogP contribution in [0.15, 0.2) is 29.3 Å². The summed E-state index contributed by atoms with van der Waals surface area (Å²) in [7, 11) is 2.00. The first-order chi connectivity index (χ1) is 12.6. The predicted octanol–water partition coefficient (Wildman–Crippen LogP) is 2.53. The zero-order valence-electron chi connectivity index (χ0n) is 15.9. The Bertz CT molecular complexity index is 804. The van der Waals surface area contributed by atoms with Gasteiger partial charge in [0.15, 0.2) is 11.8 Å². The average Bonchev–Trinajstić information content (AvgIpc) is 3.23. The Labute approximate surface area is 155 Å². The highest BCUT2D eigenvalue weighted by Crippen LogP contribution is 2.30. The van der Waals surface area contributed by atoms with Crippen molar-refractivity contribution in [3.05, 3.63) is 47.0 Å². The van der Waals surface area contributed by atoms with Crippen LogP contribution in [-0.4, -0.2) is 44.8 Å². The number of nitrogens with one attached hydrogen (secondary N) is 1. The van der Waals surface area contributed by atoms with Crippen molar-refractivity contribution in [3.8, 4) is 0 Å². The smallest absolute Gasteiger partial charge is 0.194 e. The fourth-order valence-corrected chi connectivity index (χ4v) is 3.63. The lowest BCUT2D eigenvalue weighted by Gasteiger charge is -2.22. The van der Waals surface area contributed by atoms with Gasteiger partial charge in [0.1, 0.15) is 12.4 Å². The van der Waals surface area contributed by atoms with Crippen LogP contribution in [0.25, 0.3) is 0 Å². The summed E-state index contributed by atoms with van der Waals surface area (Å²) in [5.41, 5.74) is 2.87. The summed E-state index contributed by atoms with van der Waals surface area (Å²) in [6, 6.07) is 9.35. The Hall–Kier alpha value is -2.37. The highest BCUT2D eigenvalue weighted by molar-refractivity contribution is 5.81. The fourth-order valence-electron chi connectivity index (χ4n) is 3.63. The van der Waals surface area contributed by atoms with E-state index >= 15 is 0 Å². The van der Waals surface area contributed by atoms with Crippen LogP contribution >= 0.6 is 0 Å². The van der Waals surface area contributed by atoms with Crippen LogP contribution in [0, 0.1) is 13.8 Å². The zero-order valence-corrected chi connectivity index (χ0v) is 15.9. The number of rotatable bonds is 4. The number of aromatic nitrogens is 3. The molecule has 1 saturated carbocycles. The van der Waals surface area contributed by atoms with Gasteiger partial charge in [0, 0.05) is 32.1 Å². The molecular formula is C20H28N6. The summed E-state index contributed by atoms with van der Waals surface area (Å²) in [6.07, 6.45) is 3.67. The second kappa shape index (κ2) is 7.09. The van der Waals surface area contributed by atoms with E-state index in [0.29, 0.717) is 18.5 Å². The third-order valence-electron chi connectivity index (χ3n) is 5.58. The Balaban J connectivity index is 1.49. The molecule has 1 aliphatic carbocycles. The molecule has 2 aliphatic rings. The molecular weight excluding hydrogens is 324 g/mol. The van der Waals surface area contributed by atoms with Gasteiger partial charge in [0.25, 0.3) is 0 Å². The maximum atomic E-state index is 4.89. The lowest BCUT2D eigenvalue weighted by Crippen LogP contribution is -2.41. The number of hydrogen-bond acceptors (Lipinski definition) is 3. The third-order valence-corrected chi connectivity index (χ3v) is 5.58. The van der Waals surface area contributed by atoms with Crippen LogP contribution in [0.4, 0.5) is 0 Å². The number of likely N-dealkylation sites (tertiary alicyclic amines) is 1. The topological polar surface area (TPSA) is 58.3 Å². The highest BCUT2D eigenvalue weighted by Gasteiger charge is 2.30. The molecule has 1 saturated heterocycles. The minimum atomic E-state index is 0.567. The Morgan fingerprint density at radius 1 is 1.19 bits per heavy atom. The molecule has 0 spiro atoms. The maximum Gasteiger partial charge on any atom is 0.194 e. The molecule has 0 bridgehead atoms. The lowest BCUT2D eigenvalue weighted by atomic mass is 9.94. The van der Waals surface area contributed by atoms with Crippen LogP contribution in [0.5, 0.6) is 0 Å². The Kier molecular flexibility index (Phi) is 4.66. The second-order valence-electron chi connectivity index (χ2n) is 7.57. The number of aryl methyl sites for hydroxylation is 2. The molecule has 0 radical (unpaired) electrons. The van der Waals surface area contributed by atoms with E-state index in [4.69, 9.17) is 4.99 Å². The van der Waals surface area contributed by atoms with Crippen molar-refractivity contribution in [1.29, 1.82) is 0 Å². The van der Waals surface area contributed by atoms with E-state index in [1.165, 1.54) is 30.4 Å². The summed E-state index contributed by atoms with van der Waals surface area (Å²) in [5, 5.41) is 12.0. The monoisotopic (exact) mass is 352 g/mol. The van der Waals surface area contributed by atoms with Crippen LogP contribution in [0.1, 0.15) is 48.0 Å². The molecule has 6 heteroatoms. The zero-order chi connectivity index (χ0) is 18.1. The number of nitrogens with zero attached hydrogens (tertiary/aromatic N) is 5. The summed E-state index contributed by atoms with van der Waals surface area (Å²) in [4.78, 5) is 7.30. The molecule has 4 rings (SSSR count).